The third-order valence-corrected chi connectivity index (χ3v) is 6.27. The van der Waals surface area contributed by atoms with Crippen molar-refractivity contribution in [3.8, 4) is 0 Å². The van der Waals surface area contributed by atoms with Crippen molar-refractivity contribution in [2.24, 2.45) is 0 Å². The first kappa shape index (κ1) is 13.6. The van der Waals surface area contributed by atoms with Gasteiger partial charge in [-0.3, -0.25) is 4.90 Å². The van der Waals surface area contributed by atoms with Crippen LogP contribution < -0.4 is 0 Å². The maximum absolute atomic E-state index is 12.0. The van der Waals surface area contributed by atoms with Crippen molar-refractivity contribution in [3.63, 3.8) is 0 Å². The summed E-state index contributed by atoms with van der Waals surface area (Å²) in [5, 5.41) is -0.418. The lowest BCUT2D eigenvalue weighted by molar-refractivity contribution is 0.229. The number of hydrogen-bond donors (Lipinski definition) is 0. The molecule has 0 saturated carbocycles. The Morgan fingerprint density at radius 3 is 2.72 bits per heavy atom. The average Bonchev–Trinajstić information content (AvgIpc) is 2.80. The van der Waals surface area contributed by atoms with Gasteiger partial charge in [-0.25, -0.2) is 8.42 Å². The highest BCUT2D eigenvalue weighted by atomic mass is 32.2. The van der Waals surface area contributed by atoms with Crippen molar-refractivity contribution in [3.05, 3.63) is 35.4 Å². The van der Waals surface area contributed by atoms with E-state index in [0.29, 0.717) is 0 Å². The van der Waals surface area contributed by atoms with Gasteiger partial charge in [-0.2, -0.15) is 0 Å². The lowest BCUT2D eigenvalue weighted by Gasteiger charge is -2.30. The smallest absolute Gasteiger partial charge is 0.165 e. The Balaban J connectivity index is 2.24. The quantitative estimate of drug-likeness (QED) is 0.840. The molecule has 1 aliphatic rings. The molecular formula is C14H21NO2S. The zero-order chi connectivity index (χ0) is 13.3. The molecule has 2 atom stereocenters. The number of hydrogen-bond acceptors (Lipinski definition) is 3. The van der Waals surface area contributed by atoms with Gasteiger partial charge in [-0.05, 0) is 37.9 Å². The minimum Gasteiger partial charge on any atom is -0.283 e. The minimum atomic E-state index is -3.01. The van der Waals surface area contributed by atoms with E-state index in [2.05, 4.69) is 12.1 Å². The predicted octanol–water partition coefficient (Wildman–Crippen LogP) is 2.39. The molecule has 3 nitrogen and oxygen atoms in total. The first-order chi connectivity index (χ1) is 8.47. The molecule has 2 rings (SSSR count). The number of nitrogens with zero attached hydrogens (tertiary/aromatic N) is 1. The highest BCUT2D eigenvalue weighted by Gasteiger charge is 2.32. The van der Waals surface area contributed by atoms with Crippen LogP contribution in [0.25, 0.3) is 0 Å². The first-order valence-electron chi connectivity index (χ1n) is 6.48. The summed E-state index contributed by atoms with van der Waals surface area (Å²) >= 11 is 0. The van der Waals surface area contributed by atoms with Crippen LogP contribution in [-0.2, 0) is 16.3 Å². The first-order valence-corrected chi connectivity index (χ1v) is 8.20. The molecule has 4 heteroatoms. The van der Waals surface area contributed by atoms with E-state index in [1.54, 1.807) is 13.8 Å². The zero-order valence-electron chi connectivity index (χ0n) is 11.3. The normalized spacial score (nSPS) is 21.0. The molecule has 1 aromatic carbocycles. The topological polar surface area (TPSA) is 37.4 Å². The monoisotopic (exact) mass is 267 g/mol. The third-order valence-electron chi connectivity index (χ3n) is 4.09. The predicted molar refractivity (Wildman–Crippen MR) is 74.2 cm³/mol. The van der Waals surface area contributed by atoms with E-state index in [1.807, 2.05) is 24.1 Å². The van der Waals surface area contributed by atoms with Crippen molar-refractivity contribution >= 4 is 9.84 Å². The highest BCUT2D eigenvalue weighted by Crippen LogP contribution is 2.36. The second-order valence-corrected chi connectivity index (χ2v) is 7.55. The highest BCUT2D eigenvalue weighted by molar-refractivity contribution is 7.91. The molecule has 1 aromatic rings. The molecule has 0 bridgehead atoms. The SMILES string of the molecule is CCS(=O)(=O)C(C)N(C)C1CCc2ccccc21. The molecule has 0 aliphatic heterocycles. The number of aryl methyl sites for hydroxylation is 1. The summed E-state index contributed by atoms with van der Waals surface area (Å²) in [6, 6.07) is 8.58. The van der Waals surface area contributed by atoms with E-state index in [4.69, 9.17) is 0 Å². The standard InChI is InChI=1S/C14H21NO2S/c1-4-18(16,17)11(2)15(3)14-10-9-12-7-5-6-8-13(12)14/h5-8,11,14H,4,9-10H2,1-3H3. The maximum Gasteiger partial charge on any atom is 0.165 e. The van der Waals surface area contributed by atoms with Crippen LogP contribution in [0.2, 0.25) is 0 Å². The summed E-state index contributed by atoms with van der Waals surface area (Å²) in [5.41, 5.74) is 2.65. The van der Waals surface area contributed by atoms with Crippen molar-refractivity contribution < 1.29 is 8.42 Å². The van der Waals surface area contributed by atoms with Gasteiger partial charge in [0.2, 0.25) is 0 Å². The van der Waals surface area contributed by atoms with Gasteiger partial charge < -0.3 is 0 Å². The van der Waals surface area contributed by atoms with Crippen molar-refractivity contribution in [2.45, 2.75) is 38.1 Å². The molecule has 0 aromatic heterocycles. The van der Waals surface area contributed by atoms with Gasteiger partial charge in [0.25, 0.3) is 0 Å². The van der Waals surface area contributed by atoms with Crippen LogP contribution in [0.5, 0.6) is 0 Å². The second-order valence-electron chi connectivity index (χ2n) is 4.97. The summed E-state index contributed by atoms with van der Waals surface area (Å²) in [6.45, 7) is 3.50. The van der Waals surface area contributed by atoms with Crippen molar-refractivity contribution in [1.82, 2.24) is 4.90 Å². The van der Waals surface area contributed by atoms with Gasteiger partial charge >= 0.3 is 0 Å². The fourth-order valence-electron chi connectivity index (χ4n) is 2.71. The summed E-state index contributed by atoms with van der Waals surface area (Å²) in [4.78, 5) is 2.00. The molecule has 18 heavy (non-hydrogen) atoms. The average molecular weight is 267 g/mol. The van der Waals surface area contributed by atoms with Gasteiger partial charge in [-0.15, -0.1) is 0 Å². The van der Waals surface area contributed by atoms with Gasteiger partial charge in [0.05, 0.1) is 0 Å². The summed E-state index contributed by atoms with van der Waals surface area (Å²) in [5.74, 6) is 0.201. The van der Waals surface area contributed by atoms with Crippen molar-refractivity contribution in [2.75, 3.05) is 12.8 Å². The van der Waals surface area contributed by atoms with Crippen LogP contribution in [0.15, 0.2) is 24.3 Å². The van der Waals surface area contributed by atoms with E-state index in [0.717, 1.165) is 12.8 Å². The fraction of sp³-hybridized carbons (Fsp3) is 0.571. The van der Waals surface area contributed by atoms with E-state index in [9.17, 15) is 8.42 Å². The van der Waals surface area contributed by atoms with Crippen LogP contribution in [0.1, 0.15) is 37.4 Å². The van der Waals surface area contributed by atoms with Crippen LogP contribution in [0.4, 0.5) is 0 Å². The molecule has 0 heterocycles. The van der Waals surface area contributed by atoms with E-state index in [1.165, 1.54) is 11.1 Å². The maximum atomic E-state index is 12.0. The summed E-state index contributed by atoms with van der Waals surface area (Å²) < 4.78 is 23.9. The molecule has 1 aliphatic carbocycles. The van der Waals surface area contributed by atoms with Gasteiger partial charge in [0.1, 0.15) is 5.37 Å². The molecule has 0 amide bonds. The Kier molecular flexibility index (Phi) is 3.78. The van der Waals surface area contributed by atoms with Gasteiger partial charge in [-0.1, -0.05) is 31.2 Å². The Morgan fingerprint density at radius 1 is 1.39 bits per heavy atom. The Bertz CT molecular complexity index is 524. The third kappa shape index (κ3) is 2.31. The lowest BCUT2D eigenvalue weighted by Crippen LogP contribution is -2.38. The molecule has 0 radical (unpaired) electrons. The Hall–Kier alpha value is -0.870. The van der Waals surface area contributed by atoms with E-state index < -0.39 is 15.2 Å². The molecule has 0 N–H and O–H groups in total. The number of sulfone groups is 1. The molecular weight excluding hydrogens is 246 g/mol. The number of fused-ring (bicyclic) bond motifs is 1. The Labute approximate surface area is 110 Å². The molecule has 0 saturated heterocycles. The fourth-order valence-corrected chi connectivity index (χ4v) is 3.84. The zero-order valence-corrected chi connectivity index (χ0v) is 12.1. The number of benzene rings is 1. The van der Waals surface area contributed by atoms with Crippen LogP contribution in [-0.4, -0.2) is 31.5 Å². The lowest BCUT2D eigenvalue weighted by atomic mass is 10.1. The largest absolute Gasteiger partial charge is 0.283 e. The van der Waals surface area contributed by atoms with Crippen LogP contribution in [0, 0.1) is 0 Å². The summed E-state index contributed by atoms with van der Waals surface area (Å²) in [6.07, 6.45) is 2.06. The van der Waals surface area contributed by atoms with Crippen molar-refractivity contribution in [1.29, 1.82) is 0 Å². The van der Waals surface area contributed by atoms with Crippen LogP contribution in [0.3, 0.4) is 0 Å². The summed E-state index contributed by atoms with van der Waals surface area (Å²) in [7, 11) is -1.09. The van der Waals surface area contributed by atoms with Gasteiger partial charge in [0, 0.05) is 11.8 Å². The van der Waals surface area contributed by atoms with Gasteiger partial charge in [0.15, 0.2) is 9.84 Å². The molecule has 0 fully saturated rings. The molecule has 2 unspecified atom stereocenters. The minimum absolute atomic E-state index is 0.201. The van der Waals surface area contributed by atoms with E-state index in [-0.39, 0.29) is 11.8 Å². The second kappa shape index (κ2) is 5.02. The van der Waals surface area contributed by atoms with Crippen LogP contribution >= 0.6 is 0 Å². The van der Waals surface area contributed by atoms with E-state index >= 15 is 0 Å². The molecule has 100 valence electrons. The Morgan fingerprint density at radius 2 is 2.06 bits per heavy atom. The number of rotatable bonds is 4. The molecule has 0 spiro atoms.